The van der Waals surface area contributed by atoms with Crippen LogP contribution in [0, 0.1) is 14.9 Å². The largest absolute Gasteiger partial charge is 0.369 e. The molecule has 0 aliphatic carbocycles. The van der Waals surface area contributed by atoms with Crippen LogP contribution in [0.15, 0.2) is 53.3 Å². The Balaban J connectivity index is 1.40. The Morgan fingerprint density at radius 1 is 1.06 bits per heavy atom. The van der Waals surface area contributed by atoms with Gasteiger partial charge in [-0.1, -0.05) is 25.5 Å². The number of hydrogen-bond acceptors (Lipinski definition) is 7. The minimum atomic E-state index is -0.384. The second kappa shape index (κ2) is 9.59. The number of aromatic nitrogens is 4. The number of nitro groups is 1. The minimum Gasteiger partial charge on any atom is -0.369 e. The molecule has 5 rings (SSSR count). The van der Waals surface area contributed by atoms with Gasteiger partial charge in [0.25, 0.3) is 11.2 Å². The normalized spacial score (nSPS) is 14.7. The van der Waals surface area contributed by atoms with Crippen LogP contribution in [-0.4, -0.2) is 54.8 Å². The maximum atomic E-state index is 13.2. The summed E-state index contributed by atoms with van der Waals surface area (Å²) in [6, 6.07) is 14.2. The van der Waals surface area contributed by atoms with Gasteiger partial charge >= 0.3 is 0 Å². The highest BCUT2D eigenvalue weighted by atomic mass is 32.1. The van der Waals surface area contributed by atoms with Crippen molar-refractivity contribution in [3.05, 3.63) is 73.8 Å². The number of unbranched alkanes of at least 4 members (excludes halogenated alkanes) is 1. The van der Waals surface area contributed by atoms with Gasteiger partial charge in [-0.3, -0.25) is 28.8 Å². The molecule has 35 heavy (non-hydrogen) atoms. The average Bonchev–Trinajstić information content (AvgIpc) is 3.20. The van der Waals surface area contributed by atoms with Crippen LogP contribution in [0.3, 0.4) is 0 Å². The van der Waals surface area contributed by atoms with Crippen LogP contribution in [0.2, 0.25) is 0 Å². The van der Waals surface area contributed by atoms with Crippen molar-refractivity contribution >= 4 is 40.3 Å². The summed E-state index contributed by atoms with van der Waals surface area (Å²) >= 11 is 5.83. The number of anilines is 1. The summed E-state index contributed by atoms with van der Waals surface area (Å²) < 4.78 is 6.03. The van der Waals surface area contributed by atoms with Gasteiger partial charge in [-0.15, -0.1) is 5.10 Å². The van der Waals surface area contributed by atoms with Gasteiger partial charge in [0, 0.05) is 50.5 Å². The summed E-state index contributed by atoms with van der Waals surface area (Å²) in [7, 11) is 0. The van der Waals surface area contributed by atoms with E-state index in [1.807, 2.05) is 28.7 Å². The van der Waals surface area contributed by atoms with E-state index in [0.717, 1.165) is 50.2 Å². The van der Waals surface area contributed by atoms with Crippen LogP contribution in [0.5, 0.6) is 0 Å². The van der Waals surface area contributed by atoms with Gasteiger partial charge in [0.05, 0.1) is 22.5 Å². The Hall–Kier alpha value is -3.57. The van der Waals surface area contributed by atoms with Gasteiger partial charge in [-0.05, 0) is 42.9 Å². The molecular weight excluding hydrogens is 466 g/mol. The first kappa shape index (κ1) is 23.2. The number of piperazine rings is 1. The van der Waals surface area contributed by atoms with Crippen molar-refractivity contribution in [1.29, 1.82) is 0 Å². The van der Waals surface area contributed by atoms with Crippen LogP contribution < -0.4 is 10.5 Å². The van der Waals surface area contributed by atoms with E-state index in [1.54, 1.807) is 33.5 Å². The number of nitro benzene ring substituents is 1. The molecular formula is C24H27N7O3S. The smallest absolute Gasteiger partial charge is 0.269 e. The minimum absolute atomic E-state index is 0.0367. The van der Waals surface area contributed by atoms with E-state index in [9.17, 15) is 14.9 Å². The lowest BCUT2D eigenvalue weighted by Crippen LogP contribution is -2.47. The molecule has 2 aromatic carbocycles. The zero-order valence-corrected chi connectivity index (χ0v) is 20.4. The van der Waals surface area contributed by atoms with E-state index in [2.05, 4.69) is 16.7 Å². The Labute approximate surface area is 206 Å². The van der Waals surface area contributed by atoms with Gasteiger partial charge in [-0.25, -0.2) is 4.68 Å². The molecule has 0 saturated carbocycles. The first-order valence-corrected chi connectivity index (χ1v) is 12.2. The second-order valence-corrected chi connectivity index (χ2v) is 9.13. The van der Waals surface area contributed by atoms with Crippen LogP contribution >= 0.6 is 12.2 Å². The fourth-order valence-electron chi connectivity index (χ4n) is 4.60. The lowest BCUT2D eigenvalue weighted by molar-refractivity contribution is -0.384. The van der Waals surface area contributed by atoms with Crippen LogP contribution in [-0.2, 0) is 13.2 Å². The van der Waals surface area contributed by atoms with E-state index in [1.165, 1.54) is 0 Å². The molecule has 0 atom stereocenters. The highest BCUT2D eigenvalue weighted by Gasteiger charge is 2.21. The first-order valence-electron chi connectivity index (χ1n) is 11.8. The third kappa shape index (κ3) is 4.32. The summed E-state index contributed by atoms with van der Waals surface area (Å²) in [6.45, 7) is 6.43. The number of nitrogens with zero attached hydrogens (tertiary/aromatic N) is 7. The molecule has 0 bridgehead atoms. The number of hydrogen-bond donors (Lipinski definition) is 0. The lowest BCUT2D eigenvalue weighted by atomic mass is 10.2. The molecule has 0 radical (unpaired) electrons. The number of rotatable bonds is 7. The molecule has 11 heteroatoms. The Morgan fingerprint density at radius 3 is 2.46 bits per heavy atom. The quantitative estimate of drug-likeness (QED) is 0.220. The molecule has 1 aliphatic heterocycles. The van der Waals surface area contributed by atoms with Crippen LogP contribution in [0.4, 0.5) is 11.4 Å². The summed E-state index contributed by atoms with van der Waals surface area (Å²) in [5, 5.41) is 16.3. The molecule has 0 amide bonds. The van der Waals surface area contributed by atoms with E-state index in [0.29, 0.717) is 29.1 Å². The Bertz CT molecular complexity index is 1500. The first-order chi connectivity index (χ1) is 17.0. The van der Waals surface area contributed by atoms with Crippen molar-refractivity contribution in [2.75, 3.05) is 31.1 Å². The van der Waals surface area contributed by atoms with Gasteiger partial charge in [0.15, 0.2) is 0 Å². The summed E-state index contributed by atoms with van der Waals surface area (Å²) in [5.74, 6) is 0.580. The molecule has 0 N–H and O–H groups in total. The van der Waals surface area contributed by atoms with Crippen molar-refractivity contribution in [1.82, 2.24) is 23.6 Å². The maximum Gasteiger partial charge on any atom is 0.269 e. The molecule has 1 saturated heterocycles. The number of non-ortho nitro benzene ring substituents is 1. The molecule has 1 fully saturated rings. The fourth-order valence-corrected chi connectivity index (χ4v) is 4.88. The van der Waals surface area contributed by atoms with E-state index >= 15 is 0 Å². The van der Waals surface area contributed by atoms with Crippen LogP contribution in [0.1, 0.15) is 19.8 Å². The van der Waals surface area contributed by atoms with Crippen molar-refractivity contribution < 1.29 is 4.92 Å². The molecule has 10 nitrogen and oxygen atoms in total. The van der Waals surface area contributed by atoms with Crippen LogP contribution in [0.25, 0.3) is 16.7 Å². The van der Waals surface area contributed by atoms with E-state index < -0.39 is 0 Å². The molecule has 182 valence electrons. The van der Waals surface area contributed by atoms with Crippen molar-refractivity contribution in [3.63, 3.8) is 0 Å². The maximum absolute atomic E-state index is 13.2. The highest BCUT2D eigenvalue weighted by molar-refractivity contribution is 7.71. The summed E-state index contributed by atoms with van der Waals surface area (Å²) in [4.78, 5) is 28.2. The third-order valence-electron chi connectivity index (χ3n) is 6.55. The number of benzene rings is 2. The topological polar surface area (TPSA) is 93.8 Å². The number of para-hydroxylation sites is 1. The SMILES string of the molecule is CCCCn1c(=O)c2ccccc2n2c(=S)n(CN3CCN(c4ccc([N+](=O)[O-])cc4)CC3)nc12. The Kier molecular flexibility index (Phi) is 6.35. The summed E-state index contributed by atoms with van der Waals surface area (Å²) in [6.07, 6.45) is 1.87. The number of aryl methyl sites for hydroxylation is 1. The standard InChI is InChI=1S/C24H27N7O3S/c1-2-3-12-28-22(32)20-6-4-5-7-21(20)30-23(28)25-29(24(30)35)17-26-13-15-27(16-14-26)18-8-10-19(11-9-18)31(33)34/h4-11H,2-3,12-17H2,1H3. The average molecular weight is 494 g/mol. The summed E-state index contributed by atoms with van der Waals surface area (Å²) in [5.41, 5.74) is 1.81. The van der Waals surface area contributed by atoms with E-state index in [4.69, 9.17) is 17.3 Å². The predicted molar refractivity (Wildman–Crippen MR) is 138 cm³/mol. The highest BCUT2D eigenvalue weighted by Crippen LogP contribution is 2.21. The molecule has 1 aliphatic rings. The zero-order valence-electron chi connectivity index (χ0n) is 19.5. The number of fused-ring (bicyclic) bond motifs is 3. The van der Waals surface area contributed by atoms with Gasteiger partial charge in [0.1, 0.15) is 0 Å². The fraction of sp³-hybridized carbons (Fsp3) is 0.375. The van der Waals surface area contributed by atoms with Crippen molar-refractivity contribution in [2.45, 2.75) is 33.0 Å². The molecule has 0 spiro atoms. The van der Waals surface area contributed by atoms with Crippen molar-refractivity contribution in [2.24, 2.45) is 0 Å². The molecule has 4 aromatic rings. The predicted octanol–water partition coefficient (Wildman–Crippen LogP) is 3.67. The second-order valence-electron chi connectivity index (χ2n) is 8.77. The monoisotopic (exact) mass is 493 g/mol. The molecule has 0 unspecified atom stereocenters. The lowest BCUT2D eigenvalue weighted by Gasteiger charge is -2.35. The molecule has 3 heterocycles. The molecule has 2 aromatic heterocycles. The third-order valence-corrected chi connectivity index (χ3v) is 6.94. The van der Waals surface area contributed by atoms with Crippen molar-refractivity contribution in [3.8, 4) is 0 Å². The van der Waals surface area contributed by atoms with Gasteiger partial charge in [-0.2, -0.15) is 0 Å². The van der Waals surface area contributed by atoms with E-state index in [-0.39, 0.29) is 16.2 Å². The van der Waals surface area contributed by atoms with Gasteiger partial charge in [0.2, 0.25) is 10.5 Å². The van der Waals surface area contributed by atoms with Gasteiger partial charge < -0.3 is 4.90 Å². The zero-order chi connectivity index (χ0) is 24.5. The Morgan fingerprint density at radius 2 is 1.77 bits per heavy atom.